The van der Waals surface area contributed by atoms with E-state index >= 15 is 0 Å². The lowest BCUT2D eigenvalue weighted by molar-refractivity contribution is -0.131. The van der Waals surface area contributed by atoms with Gasteiger partial charge < -0.3 is 16.0 Å². The zero-order chi connectivity index (χ0) is 12.2. The first-order valence-corrected chi connectivity index (χ1v) is 6.15. The van der Waals surface area contributed by atoms with Gasteiger partial charge in [0.1, 0.15) is 0 Å². The van der Waals surface area contributed by atoms with Crippen LogP contribution in [0.15, 0.2) is 0 Å². The molecule has 1 fully saturated rings. The van der Waals surface area contributed by atoms with Crippen molar-refractivity contribution in [3.8, 4) is 0 Å². The molecule has 1 heterocycles. The van der Waals surface area contributed by atoms with Gasteiger partial charge in [0.15, 0.2) is 0 Å². The Hall–Kier alpha value is -0.610. The molecule has 1 aliphatic heterocycles. The largest absolute Gasteiger partial charge is 0.342 e. The Kier molecular flexibility index (Phi) is 4.74. The predicted octanol–water partition coefficient (Wildman–Crippen LogP) is 0.572. The van der Waals surface area contributed by atoms with E-state index in [1.54, 1.807) is 0 Å². The van der Waals surface area contributed by atoms with Crippen LogP contribution in [0.5, 0.6) is 0 Å². The molecule has 0 spiro atoms. The van der Waals surface area contributed by atoms with E-state index in [1.807, 2.05) is 4.90 Å². The average Bonchev–Trinajstić information content (AvgIpc) is 2.25. The van der Waals surface area contributed by atoms with Crippen LogP contribution >= 0.6 is 0 Å². The highest BCUT2D eigenvalue weighted by atomic mass is 16.2. The van der Waals surface area contributed by atoms with Crippen molar-refractivity contribution in [2.24, 2.45) is 11.7 Å². The lowest BCUT2D eigenvalue weighted by atomic mass is 9.97. The Balaban J connectivity index is 2.28. The van der Waals surface area contributed by atoms with Crippen molar-refractivity contribution in [2.75, 3.05) is 26.2 Å². The first-order chi connectivity index (χ1) is 7.42. The Morgan fingerprint density at radius 2 is 1.94 bits per heavy atom. The summed E-state index contributed by atoms with van der Waals surface area (Å²) in [5.41, 5.74) is 5.63. The van der Waals surface area contributed by atoms with E-state index < -0.39 is 0 Å². The number of rotatable bonds is 3. The Morgan fingerprint density at radius 1 is 1.38 bits per heavy atom. The van der Waals surface area contributed by atoms with Crippen molar-refractivity contribution >= 4 is 5.91 Å². The van der Waals surface area contributed by atoms with Crippen molar-refractivity contribution in [2.45, 2.75) is 39.2 Å². The molecule has 16 heavy (non-hydrogen) atoms. The molecule has 0 unspecified atom stereocenters. The quantitative estimate of drug-likeness (QED) is 0.741. The van der Waals surface area contributed by atoms with Crippen LogP contribution in [-0.4, -0.2) is 42.5 Å². The van der Waals surface area contributed by atoms with Gasteiger partial charge in [-0.3, -0.25) is 4.79 Å². The third kappa shape index (κ3) is 4.49. The van der Waals surface area contributed by atoms with Crippen LogP contribution < -0.4 is 11.1 Å². The molecule has 0 aromatic heterocycles. The lowest BCUT2D eigenvalue weighted by Gasteiger charge is -2.32. The molecular formula is C12H25N3O. The summed E-state index contributed by atoms with van der Waals surface area (Å²) in [5, 5.41) is 3.23. The number of hydrogen-bond donors (Lipinski definition) is 2. The van der Waals surface area contributed by atoms with Crippen molar-refractivity contribution in [1.29, 1.82) is 0 Å². The van der Waals surface area contributed by atoms with Gasteiger partial charge in [0.25, 0.3) is 0 Å². The van der Waals surface area contributed by atoms with Crippen molar-refractivity contribution < 1.29 is 4.79 Å². The second-order valence-electron chi connectivity index (χ2n) is 5.66. The second-order valence-corrected chi connectivity index (χ2v) is 5.66. The number of nitrogens with one attached hydrogen (secondary N) is 1. The van der Waals surface area contributed by atoms with Gasteiger partial charge in [-0.2, -0.15) is 0 Å². The number of carbonyl (C=O) groups excluding carboxylic acids is 1. The fourth-order valence-electron chi connectivity index (χ4n) is 1.87. The van der Waals surface area contributed by atoms with E-state index in [1.165, 1.54) is 0 Å². The Bertz CT molecular complexity index is 227. The summed E-state index contributed by atoms with van der Waals surface area (Å²) in [7, 11) is 0. The van der Waals surface area contributed by atoms with Gasteiger partial charge in [-0.15, -0.1) is 0 Å². The number of hydrogen-bond acceptors (Lipinski definition) is 3. The minimum atomic E-state index is 0.00520. The smallest absolute Gasteiger partial charge is 0.236 e. The number of amides is 1. The highest BCUT2D eigenvalue weighted by molar-refractivity contribution is 5.78. The monoisotopic (exact) mass is 227 g/mol. The zero-order valence-electron chi connectivity index (χ0n) is 10.8. The molecule has 0 atom stereocenters. The molecule has 0 aromatic carbocycles. The van der Waals surface area contributed by atoms with Gasteiger partial charge in [-0.25, -0.2) is 0 Å². The van der Waals surface area contributed by atoms with Crippen LogP contribution in [0.25, 0.3) is 0 Å². The molecule has 1 amide bonds. The van der Waals surface area contributed by atoms with Crippen LogP contribution in [0, 0.1) is 5.92 Å². The van der Waals surface area contributed by atoms with Crippen LogP contribution in [0.2, 0.25) is 0 Å². The van der Waals surface area contributed by atoms with E-state index in [0.717, 1.165) is 32.5 Å². The van der Waals surface area contributed by atoms with E-state index in [2.05, 4.69) is 26.1 Å². The van der Waals surface area contributed by atoms with Gasteiger partial charge in [0, 0.05) is 18.6 Å². The van der Waals surface area contributed by atoms with Crippen molar-refractivity contribution in [3.63, 3.8) is 0 Å². The number of piperidine rings is 1. The maximum absolute atomic E-state index is 11.9. The van der Waals surface area contributed by atoms with Crippen LogP contribution in [0.4, 0.5) is 0 Å². The van der Waals surface area contributed by atoms with Crippen LogP contribution in [0.1, 0.15) is 33.6 Å². The van der Waals surface area contributed by atoms with Gasteiger partial charge >= 0.3 is 0 Å². The molecule has 0 aliphatic carbocycles. The zero-order valence-corrected chi connectivity index (χ0v) is 10.8. The fraction of sp³-hybridized carbons (Fsp3) is 0.917. The summed E-state index contributed by atoms with van der Waals surface area (Å²) in [5.74, 6) is 0.824. The predicted molar refractivity (Wildman–Crippen MR) is 66.1 cm³/mol. The van der Waals surface area contributed by atoms with E-state index in [4.69, 9.17) is 5.73 Å². The standard InChI is InChI=1S/C12H25N3O/c1-12(2,3)14-9-11(16)15-6-4-10(8-13)5-7-15/h10,14H,4-9,13H2,1-3H3. The van der Waals surface area contributed by atoms with Crippen LogP contribution in [0.3, 0.4) is 0 Å². The summed E-state index contributed by atoms with van der Waals surface area (Å²) in [6.45, 7) is 9.14. The lowest BCUT2D eigenvalue weighted by Crippen LogP contribution is -2.47. The van der Waals surface area contributed by atoms with Gasteiger partial charge in [-0.05, 0) is 46.1 Å². The van der Waals surface area contributed by atoms with Gasteiger partial charge in [0.05, 0.1) is 6.54 Å². The van der Waals surface area contributed by atoms with E-state index in [-0.39, 0.29) is 11.4 Å². The second kappa shape index (κ2) is 5.64. The molecule has 0 radical (unpaired) electrons. The van der Waals surface area contributed by atoms with Crippen molar-refractivity contribution in [1.82, 2.24) is 10.2 Å². The molecule has 0 aromatic rings. The summed E-state index contributed by atoms with van der Waals surface area (Å²) in [4.78, 5) is 13.8. The van der Waals surface area contributed by atoms with Crippen LogP contribution in [-0.2, 0) is 4.79 Å². The minimum Gasteiger partial charge on any atom is -0.342 e. The number of likely N-dealkylation sites (tertiary alicyclic amines) is 1. The Morgan fingerprint density at radius 3 is 2.38 bits per heavy atom. The third-order valence-corrected chi connectivity index (χ3v) is 3.07. The SMILES string of the molecule is CC(C)(C)NCC(=O)N1CCC(CN)CC1. The number of carbonyl (C=O) groups is 1. The topological polar surface area (TPSA) is 58.4 Å². The molecule has 1 aliphatic rings. The third-order valence-electron chi connectivity index (χ3n) is 3.07. The van der Waals surface area contributed by atoms with Crippen molar-refractivity contribution in [3.05, 3.63) is 0 Å². The Labute approximate surface area is 98.6 Å². The molecular weight excluding hydrogens is 202 g/mol. The summed E-state index contributed by atoms with van der Waals surface area (Å²) >= 11 is 0. The molecule has 4 nitrogen and oxygen atoms in total. The first-order valence-electron chi connectivity index (χ1n) is 6.15. The molecule has 94 valence electrons. The van der Waals surface area contributed by atoms with Gasteiger partial charge in [-0.1, -0.05) is 0 Å². The number of nitrogens with two attached hydrogens (primary N) is 1. The molecule has 0 bridgehead atoms. The summed E-state index contributed by atoms with van der Waals surface area (Å²) in [6.07, 6.45) is 2.11. The van der Waals surface area contributed by atoms with E-state index in [9.17, 15) is 4.79 Å². The highest BCUT2D eigenvalue weighted by Gasteiger charge is 2.22. The molecule has 1 saturated heterocycles. The summed E-state index contributed by atoms with van der Waals surface area (Å²) in [6, 6.07) is 0. The normalized spacial score (nSPS) is 18.9. The molecule has 3 N–H and O–H groups in total. The maximum atomic E-state index is 11.9. The highest BCUT2D eigenvalue weighted by Crippen LogP contribution is 2.15. The fourth-order valence-corrected chi connectivity index (χ4v) is 1.87. The molecule has 0 saturated carbocycles. The summed E-state index contributed by atoms with van der Waals surface area (Å²) < 4.78 is 0. The molecule has 1 rings (SSSR count). The molecule has 4 heteroatoms. The average molecular weight is 227 g/mol. The maximum Gasteiger partial charge on any atom is 0.236 e. The minimum absolute atomic E-state index is 0.00520. The van der Waals surface area contributed by atoms with Gasteiger partial charge in [0.2, 0.25) is 5.91 Å². The van der Waals surface area contributed by atoms with E-state index in [0.29, 0.717) is 12.5 Å². The first kappa shape index (κ1) is 13.5. The number of nitrogens with zero attached hydrogens (tertiary/aromatic N) is 1.